The van der Waals surface area contributed by atoms with Crippen LogP contribution in [0.2, 0.25) is 0 Å². The van der Waals surface area contributed by atoms with Crippen LogP contribution in [0.4, 0.5) is 0 Å². The molecule has 0 spiro atoms. The molecule has 1 aliphatic heterocycles. The SMILES string of the molecule is C1=NCCN1.CC(=O)O. The number of hydrogen-bond donors (Lipinski definition) is 2. The standard InChI is InChI=1S/C3H6N2.C2H4O2/c1-2-5-3-4-1;1-2(3)4/h3H,1-2H2,(H,4,5);1H3,(H,3,4). The van der Waals surface area contributed by atoms with E-state index >= 15 is 0 Å². The fraction of sp³-hybridized carbons (Fsp3) is 0.600. The molecule has 0 unspecified atom stereocenters. The van der Waals surface area contributed by atoms with E-state index in [-0.39, 0.29) is 0 Å². The van der Waals surface area contributed by atoms with Crippen molar-refractivity contribution in [1.29, 1.82) is 0 Å². The fourth-order valence-corrected chi connectivity index (χ4v) is 0.323. The minimum Gasteiger partial charge on any atom is -0.481 e. The third-order valence-corrected chi connectivity index (χ3v) is 0.568. The normalized spacial score (nSPS) is 13.4. The maximum atomic E-state index is 9.00. The average molecular weight is 130 g/mol. The molecule has 0 aromatic carbocycles. The highest BCUT2D eigenvalue weighted by Gasteiger charge is 1.82. The number of nitrogens with zero attached hydrogens (tertiary/aromatic N) is 1. The minimum atomic E-state index is -0.833. The number of carboxylic acids is 1. The topological polar surface area (TPSA) is 61.7 Å². The van der Waals surface area contributed by atoms with Crippen molar-refractivity contribution in [3.8, 4) is 0 Å². The van der Waals surface area contributed by atoms with Crippen molar-refractivity contribution < 1.29 is 9.90 Å². The van der Waals surface area contributed by atoms with E-state index in [2.05, 4.69) is 10.3 Å². The maximum absolute atomic E-state index is 9.00. The van der Waals surface area contributed by atoms with Gasteiger partial charge in [-0.2, -0.15) is 0 Å². The van der Waals surface area contributed by atoms with Crippen molar-refractivity contribution in [2.24, 2.45) is 4.99 Å². The quantitative estimate of drug-likeness (QED) is 0.473. The molecule has 0 saturated carbocycles. The van der Waals surface area contributed by atoms with Crippen molar-refractivity contribution in [1.82, 2.24) is 5.32 Å². The number of carboxylic acid groups (broad SMARTS) is 1. The third kappa shape index (κ3) is 10.9. The van der Waals surface area contributed by atoms with Gasteiger partial charge in [-0.15, -0.1) is 0 Å². The highest BCUT2D eigenvalue weighted by atomic mass is 16.4. The Bertz CT molecular complexity index is 102. The summed E-state index contributed by atoms with van der Waals surface area (Å²) < 4.78 is 0. The predicted molar refractivity (Wildman–Crippen MR) is 34.7 cm³/mol. The molecule has 4 heteroatoms. The lowest BCUT2D eigenvalue weighted by molar-refractivity contribution is -0.134. The van der Waals surface area contributed by atoms with Gasteiger partial charge in [0.1, 0.15) is 0 Å². The Kier molecular flexibility index (Phi) is 4.49. The number of rotatable bonds is 0. The van der Waals surface area contributed by atoms with Crippen molar-refractivity contribution >= 4 is 12.3 Å². The first kappa shape index (κ1) is 7.94. The maximum Gasteiger partial charge on any atom is 0.300 e. The van der Waals surface area contributed by atoms with Crippen LogP contribution in [0.1, 0.15) is 6.92 Å². The molecular weight excluding hydrogens is 120 g/mol. The van der Waals surface area contributed by atoms with Gasteiger partial charge in [0.2, 0.25) is 0 Å². The van der Waals surface area contributed by atoms with Crippen LogP contribution < -0.4 is 5.32 Å². The van der Waals surface area contributed by atoms with Crippen LogP contribution in [0.3, 0.4) is 0 Å². The monoisotopic (exact) mass is 130 g/mol. The molecule has 9 heavy (non-hydrogen) atoms. The summed E-state index contributed by atoms with van der Waals surface area (Å²) in [5, 5.41) is 10.3. The summed E-state index contributed by atoms with van der Waals surface area (Å²) in [4.78, 5) is 12.8. The molecule has 0 aromatic rings. The summed E-state index contributed by atoms with van der Waals surface area (Å²) in [5.41, 5.74) is 0. The Hall–Kier alpha value is -1.06. The number of hydrogen-bond acceptors (Lipinski definition) is 3. The van der Waals surface area contributed by atoms with E-state index in [1.165, 1.54) is 0 Å². The molecule has 0 atom stereocenters. The lowest BCUT2D eigenvalue weighted by Crippen LogP contribution is -2.04. The van der Waals surface area contributed by atoms with E-state index in [4.69, 9.17) is 9.90 Å². The Morgan fingerprint density at radius 3 is 2.56 bits per heavy atom. The van der Waals surface area contributed by atoms with Gasteiger partial charge in [0, 0.05) is 13.5 Å². The number of carbonyl (C=O) groups is 1. The van der Waals surface area contributed by atoms with Crippen LogP contribution in [0.15, 0.2) is 4.99 Å². The largest absolute Gasteiger partial charge is 0.481 e. The fourth-order valence-electron chi connectivity index (χ4n) is 0.323. The third-order valence-electron chi connectivity index (χ3n) is 0.568. The molecule has 1 heterocycles. The number of aliphatic imine (C=N–C) groups is 1. The van der Waals surface area contributed by atoms with Crippen LogP contribution in [0, 0.1) is 0 Å². The number of nitrogens with one attached hydrogen (secondary N) is 1. The van der Waals surface area contributed by atoms with Gasteiger partial charge < -0.3 is 10.4 Å². The molecule has 0 saturated heterocycles. The highest BCUT2D eigenvalue weighted by Crippen LogP contribution is 1.68. The van der Waals surface area contributed by atoms with Crippen LogP contribution in [0.25, 0.3) is 0 Å². The van der Waals surface area contributed by atoms with E-state index in [1.807, 2.05) is 0 Å². The van der Waals surface area contributed by atoms with E-state index in [9.17, 15) is 0 Å². The zero-order valence-corrected chi connectivity index (χ0v) is 5.29. The molecule has 0 aromatic heterocycles. The van der Waals surface area contributed by atoms with Crippen LogP contribution in [-0.4, -0.2) is 30.5 Å². The first-order valence-corrected chi connectivity index (χ1v) is 2.64. The first-order chi connectivity index (χ1) is 4.23. The van der Waals surface area contributed by atoms with Crippen molar-refractivity contribution in [2.45, 2.75) is 6.92 Å². The molecule has 0 radical (unpaired) electrons. The van der Waals surface area contributed by atoms with Gasteiger partial charge in [0.25, 0.3) is 5.97 Å². The van der Waals surface area contributed by atoms with E-state index in [0.717, 1.165) is 20.0 Å². The average Bonchev–Trinajstić information content (AvgIpc) is 2.11. The van der Waals surface area contributed by atoms with Gasteiger partial charge in [-0.3, -0.25) is 9.79 Å². The van der Waals surface area contributed by atoms with Crippen LogP contribution in [-0.2, 0) is 4.79 Å². The highest BCUT2D eigenvalue weighted by molar-refractivity contribution is 5.62. The second kappa shape index (κ2) is 5.08. The van der Waals surface area contributed by atoms with E-state index in [1.54, 1.807) is 6.34 Å². The molecule has 1 rings (SSSR count). The minimum absolute atomic E-state index is 0.833. The number of aliphatic carboxylic acids is 1. The van der Waals surface area contributed by atoms with Gasteiger partial charge in [-0.05, 0) is 0 Å². The van der Waals surface area contributed by atoms with E-state index < -0.39 is 5.97 Å². The Morgan fingerprint density at radius 2 is 2.44 bits per heavy atom. The summed E-state index contributed by atoms with van der Waals surface area (Å²) in [7, 11) is 0. The summed E-state index contributed by atoms with van der Waals surface area (Å²) in [6.45, 7) is 3.07. The molecule has 0 fully saturated rings. The molecule has 52 valence electrons. The van der Waals surface area contributed by atoms with Gasteiger partial charge in [0.05, 0.1) is 12.9 Å². The summed E-state index contributed by atoms with van der Waals surface area (Å²) >= 11 is 0. The van der Waals surface area contributed by atoms with Crippen LogP contribution >= 0.6 is 0 Å². The van der Waals surface area contributed by atoms with Crippen molar-refractivity contribution in [3.63, 3.8) is 0 Å². The Labute approximate surface area is 53.6 Å². The van der Waals surface area contributed by atoms with Crippen molar-refractivity contribution in [2.75, 3.05) is 13.1 Å². The Balaban J connectivity index is 0.000000148. The Morgan fingerprint density at radius 1 is 1.89 bits per heavy atom. The summed E-state index contributed by atoms with van der Waals surface area (Å²) in [6.07, 6.45) is 1.74. The molecule has 1 aliphatic rings. The molecule has 0 aliphatic carbocycles. The van der Waals surface area contributed by atoms with Gasteiger partial charge >= 0.3 is 0 Å². The zero-order chi connectivity index (χ0) is 7.11. The predicted octanol–water partition coefficient (Wildman–Crippen LogP) is -0.291. The molecule has 2 N–H and O–H groups in total. The smallest absolute Gasteiger partial charge is 0.300 e. The first-order valence-electron chi connectivity index (χ1n) is 2.64. The van der Waals surface area contributed by atoms with Gasteiger partial charge in [-0.1, -0.05) is 0 Å². The summed E-state index contributed by atoms with van der Waals surface area (Å²) in [6, 6.07) is 0. The lowest BCUT2D eigenvalue weighted by atomic mass is 10.7. The molecule has 4 nitrogen and oxygen atoms in total. The zero-order valence-electron chi connectivity index (χ0n) is 5.29. The second-order valence-electron chi connectivity index (χ2n) is 1.51. The van der Waals surface area contributed by atoms with Crippen molar-refractivity contribution in [3.05, 3.63) is 0 Å². The molecular formula is C5H10N2O2. The van der Waals surface area contributed by atoms with Gasteiger partial charge in [0.15, 0.2) is 0 Å². The molecule has 0 amide bonds. The van der Waals surface area contributed by atoms with Crippen LogP contribution in [0.5, 0.6) is 0 Å². The van der Waals surface area contributed by atoms with E-state index in [0.29, 0.717) is 0 Å². The second-order valence-corrected chi connectivity index (χ2v) is 1.51. The lowest BCUT2D eigenvalue weighted by Gasteiger charge is -1.75. The molecule has 0 bridgehead atoms. The van der Waals surface area contributed by atoms with Gasteiger partial charge in [-0.25, -0.2) is 0 Å². The summed E-state index contributed by atoms with van der Waals surface area (Å²) in [5.74, 6) is -0.833.